The first-order valence-corrected chi connectivity index (χ1v) is 6.78. The summed E-state index contributed by atoms with van der Waals surface area (Å²) in [7, 11) is 0. The van der Waals surface area contributed by atoms with Gasteiger partial charge in [0.05, 0.1) is 0 Å². The molecule has 0 amide bonds. The molecule has 0 bridgehead atoms. The number of hydrogen-bond acceptors (Lipinski definition) is 5. The molecule has 0 N–H and O–H groups in total. The van der Waals surface area contributed by atoms with Crippen LogP contribution in [0.1, 0.15) is 36.8 Å². The van der Waals surface area contributed by atoms with Gasteiger partial charge in [0.2, 0.25) is 5.65 Å². The first-order valence-electron chi connectivity index (χ1n) is 6.78. The fraction of sp³-hybridized carbons (Fsp3) is 0.667. The first-order chi connectivity index (χ1) is 8.93. The molecule has 0 unspecified atom stereocenters. The van der Waals surface area contributed by atoms with E-state index in [0.717, 1.165) is 37.4 Å². The summed E-state index contributed by atoms with van der Waals surface area (Å²) in [6.45, 7) is 2.24. The van der Waals surface area contributed by atoms with Gasteiger partial charge in [0.25, 0.3) is 0 Å². The molecule has 1 fully saturated rings. The summed E-state index contributed by atoms with van der Waals surface area (Å²) in [5.74, 6) is 1.13. The Kier molecular flexibility index (Phi) is 2.21. The number of nitrogens with zero attached hydrogens (tertiary/aromatic N) is 6. The van der Waals surface area contributed by atoms with Crippen LogP contribution in [0.4, 0.5) is 5.82 Å². The molecule has 4 rings (SSSR count). The van der Waals surface area contributed by atoms with E-state index < -0.39 is 0 Å². The first kappa shape index (κ1) is 10.2. The van der Waals surface area contributed by atoms with Crippen molar-refractivity contribution >= 4 is 11.5 Å². The summed E-state index contributed by atoms with van der Waals surface area (Å²) in [4.78, 5) is 2.39. The number of hydrogen-bond donors (Lipinski definition) is 0. The van der Waals surface area contributed by atoms with Crippen molar-refractivity contribution in [1.82, 2.24) is 25.3 Å². The van der Waals surface area contributed by atoms with Crippen LogP contribution in [0.25, 0.3) is 5.65 Å². The van der Waals surface area contributed by atoms with Crippen LogP contribution in [0.15, 0.2) is 0 Å². The van der Waals surface area contributed by atoms with Crippen LogP contribution >= 0.6 is 0 Å². The van der Waals surface area contributed by atoms with Crippen molar-refractivity contribution in [1.29, 1.82) is 0 Å². The van der Waals surface area contributed by atoms with Crippen LogP contribution in [-0.2, 0) is 12.8 Å². The Morgan fingerprint density at radius 1 is 0.889 bits per heavy atom. The maximum Gasteiger partial charge on any atom is 0.203 e. The highest BCUT2D eigenvalue weighted by Crippen LogP contribution is 2.31. The summed E-state index contributed by atoms with van der Waals surface area (Å²) in [5, 5.41) is 16.5. The van der Waals surface area contributed by atoms with Gasteiger partial charge in [-0.2, -0.15) is 0 Å². The Bertz CT molecular complexity index is 584. The summed E-state index contributed by atoms with van der Waals surface area (Å²) in [6.07, 6.45) is 7.24. The van der Waals surface area contributed by atoms with Crippen molar-refractivity contribution < 1.29 is 0 Å². The monoisotopic (exact) mass is 244 g/mol. The summed E-state index contributed by atoms with van der Waals surface area (Å²) < 4.78 is 1.61. The molecule has 2 aromatic heterocycles. The van der Waals surface area contributed by atoms with Gasteiger partial charge in [-0.1, -0.05) is 0 Å². The Labute approximate surface area is 105 Å². The lowest BCUT2D eigenvalue weighted by atomic mass is 9.93. The van der Waals surface area contributed by atoms with E-state index in [4.69, 9.17) is 0 Å². The molecule has 94 valence electrons. The predicted molar refractivity (Wildman–Crippen MR) is 66.7 cm³/mol. The van der Waals surface area contributed by atoms with Crippen LogP contribution in [0.2, 0.25) is 0 Å². The molecule has 2 aromatic rings. The molecule has 1 saturated heterocycles. The van der Waals surface area contributed by atoms with Gasteiger partial charge < -0.3 is 4.90 Å². The van der Waals surface area contributed by atoms with Crippen LogP contribution in [0.5, 0.6) is 0 Å². The Balaban J connectivity index is 1.94. The maximum absolute atomic E-state index is 4.64. The standard InChI is InChI=1S/C12H16N6/c1-2-6-10-9(5-1)11-13-15-16-18(11)14-12(10)17-7-3-4-8-17/h1-8H2. The van der Waals surface area contributed by atoms with Gasteiger partial charge >= 0.3 is 0 Å². The van der Waals surface area contributed by atoms with Gasteiger partial charge in [-0.3, -0.25) is 0 Å². The highest BCUT2D eigenvalue weighted by atomic mass is 15.6. The quantitative estimate of drug-likeness (QED) is 0.749. The zero-order chi connectivity index (χ0) is 11.9. The lowest BCUT2D eigenvalue weighted by molar-refractivity contribution is 0.655. The van der Waals surface area contributed by atoms with E-state index in [1.807, 2.05) is 0 Å². The number of fused-ring (bicyclic) bond motifs is 3. The van der Waals surface area contributed by atoms with E-state index in [1.54, 1.807) is 4.63 Å². The smallest absolute Gasteiger partial charge is 0.203 e. The maximum atomic E-state index is 4.64. The van der Waals surface area contributed by atoms with Gasteiger partial charge in [-0.25, -0.2) is 0 Å². The van der Waals surface area contributed by atoms with Crippen LogP contribution in [0.3, 0.4) is 0 Å². The highest BCUT2D eigenvalue weighted by Gasteiger charge is 2.25. The lowest BCUT2D eigenvalue weighted by Crippen LogP contribution is -2.24. The molecule has 0 atom stereocenters. The minimum atomic E-state index is 0.854. The highest BCUT2D eigenvalue weighted by molar-refractivity contribution is 5.60. The van der Waals surface area contributed by atoms with E-state index in [2.05, 4.69) is 25.5 Å². The number of aryl methyl sites for hydroxylation is 1. The number of anilines is 1. The van der Waals surface area contributed by atoms with Crippen LogP contribution in [-0.4, -0.2) is 38.3 Å². The lowest BCUT2D eigenvalue weighted by Gasteiger charge is -2.24. The fourth-order valence-electron chi connectivity index (χ4n) is 3.16. The molecule has 1 aliphatic carbocycles. The Morgan fingerprint density at radius 2 is 1.67 bits per heavy atom. The van der Waals surface area contributed by atoms with E-state index in [-0.39, 0.29) is 0 Å². The molecule has 0 radical (unpaired) electrons. The van der Waals surface area contributed by atoms with Crippen molar-refractivity contribution in [2.45, 2.75) is 38.5 Å². The number of tetrazole rings is 1. The van der Waals surface area contributed by atoms with Gasteiger partial charge in [0, 0.05) is 24.2 Å². The molecule has 1 aliphatic heterocycles. The molecule has 0 saturated carbocycles. The normalized spacial score (nSPS) is 19.4. The molecular formula is C12H16N6. The third-order valence-corrected chi connectivity index (χ3v) is 4.06. The van der Waals surface area contributed by atoms with Crippen molar-refractivity contribution in [3.05, 3.63) is 11.1 Å². The second-order valence-corrected chi connectivity index (χ2v) is 5.17. The van der Waals surface area contributed by atoms with Crippen molar-refractivity contribution in [2.75, 3.05) is 18.0 Å². The zero-order valence-electron chi connectivity index (χ0n) is 10.3. The predicted octanol–water partition coefficient (Wildman–Crippen LogP) is 0.998. The van der Waals surface area contributed by atoms with Crippen LogP contribution < -0.4 is 4.90 Å². The van der Waals surface area contributed by atoms with Gasteiger partial charge in [-0.15, -0.1) is 14.8 Å². The molecule has 0 aromatic carbocycles. The topological polar surface area (TPSA) is 59.2 Å². The van der Waals surface area contributed by atoms with Crippen molar-refractivity contribution in [3.8, 4) is 0 Å². The third kappa shape index (κ3) is 1.41. The molecule has 6 nitrogen and oxygen atoms in total. The van der Waals surface area contributed by atoms with E-state index in [1.165, 1.54) is 36.8 Å². The largest absolute Gasteiger partial charge is 0.355 e. The second-order valence-electron chi connectivity index (χ2n) is 5.17. The Hall–Kier alpha value is -1.72. The van der Waals surface area contributed by atoms with Crippen molar-refractivity contribution in [2.24, 2.45) is 0 Å². The molecule has 3 heterocycles. The number of rotatable bonds is 1. The average molecular weight is 244 g/mol. The minimum Gasteiger partial charge on any atom is -0.355 e. The minimum absolute atomic E-state index is 0.854. The zero-order valence-corrected chi connectivity index (χ0v) is 10.3. The SMILES string of the molecule is C1CCc2c(c(N3CCCC3)nn3nnnc23)C1. The van der Waals surface area contributed by atoms with Gasteiger partial charge in [-0.05, 0) is 49.0 Å². The summed E-state index contributed by atoms with van der Waals surface area (Å²) >= 11 is 0. The van der Waals surface area contributed by atoms with E-state index in [0.29, 0.717) is 0 Å². The second kappa shape index (κ2) is 3.90. The molecular weight excluding hydrogens is 228 g/mol. The van der Waals surface area contributed by atoms with Gasteiger partial charge in [0.1, 0.15) is 0 Å². The van der Waals surface area contributed by atoms with Crippen molar-refractivity contribution in [3.63, 3.8) is 0 Å². The molecule has 6 heteroatoms. The Morgan fingerprint density at radius 3 is 2.50 bits per heavy atom. The molecule has 18 heavy (non-hydrogen) atoms. The molecule has 2 aliphatic rings. The fourth-order valence-corrected chi connectivity index (χ4v) is 3.16. The average Bonchev–Trinajstić information content (AvgIpc) is 3.09. The van der Waals surface area contributed by atoms with Crippen LogP contribution in [0, 0.1) is 0 Å². The van der Waals surface area contributed by atoms with E-state index >= 15 is 0 Å². The summed E-state index contributed by atoms with van der Waals surface area (Å²) in [6, 6.07) is 0. The van der Waals surface area contributed by atoms with E-state index in [9.17, 15) is 0 Å². The van der Waals surface area contributed by atoms with Gasteiger partial charge in [0.15, 0.2) is 5.82 Å². The molecule has 0 spiro atoms. The number of aromatic nitrogens is 5. The summed E-state index contributed by atoms with van der Waals surface area (Å²) in [5.41, 5.74) is 3.57. The third-order valence-electron chi connectivity index (χ3n) is 4.06.